The van der Waals surface area contributed by atoms with E-state index in [-0.39, 0.29) is 12.6 Å². The zero-order chi connectivity index (χ0) is 13.7. The van der Waals surface area contributed by atoms with Crippen LogP contribution in [0, 0.1) is 0 Å². The zero-order valence-electron chi connectivity index (χ0n) is 9.05. The van der Waals surface area contributed by atoms with Crippen molar-refractivity contribution < 1.29 is 37.0 Å². The first kappa shape index (κ1) is 17.1. The average molecular weight is 307 g/mol. The summed E-state index contributed by atoms with van der Waals surface area (Å²) in [6.45, 7) is 5.30. The van der Waals surface area contributed by atoms with Gasteiger partial charge in [0, 0.05) is 4.57 Å². The van der Waals surface area contributed by atoms with Crippen LogP contribution in [0.25, 0.3) is 0 Å². The van der Waals surface area contributed by atoms with Crippen LogP contribution in [0.4, 0.5) is 0 Å². The van der Waals surface area contributed by atoms with Crippen molar-refractivity contribution >= 4 is 23.7 Å². The van der Waals surface area contributed by atoms with E-state index in [2.05, 4.69) is 15.2 Å². The van der Waals surface area contributed by atoms with Crippen LogP contribution in [-0.4, -0.2) is 20.8 Å². The molecule has 0 fully saturated rings. The molecule has 8 nitrogen and oxygen atoms in total. The van der Waals surface area contributed by atoms with Gasteiger partial charge >= 0.3 is 23.7 Å². The molecule has 0 aromatic rings. The lowest BCUT2D eigenvalue weighted by Gasteiger charge is -2.11. The molecule has 0 aliphatic carbocycles. The standard InChI is InChI=1S/C6H13O8P3/c1-6(2)4-3-5-16(9,10)14-17(11,12)13-15(7)8/h1,3-5H2,2H3,(H2-,7,8,9,10,11,12)/p+1. The van der Waals surface area contributed by atoms with Gasteiger partial charge in [-0.05, 0) is 24.1 Å². The Morgan fingerprint density at radius 2 is 1.94 bits per heavy atom. The fourth-order valence-corrected chi connectivity index (χ4v) is 4.15. The summed E-state index contributed by atoms with van der Waals surface area (Å²) < 4.78 is 39.9. The van der Waals surface area contributed by atoms with Gasteiger partial charge in [-0.2, -0.15) is 0 Å². The van der Waals surface area contributed by atoms with Crippen LogP contribution in [-0.2, 0) is 22.3 Å². The van der Waals surface area contributed by atoms with Gasteiger partial charge in [-0.15, -0.1) is 11.5 Å². The maximum Gasteiger partial charge on any atom is 0.705 e. The van der Waals surface area contributed by atoms with Gasteiger partial charge in [0.25, 0.3) is 0 Å². The Hall–Kier alpha value is 0.1000. The molecule has 3 unspecified atom stereocenters. The molecule has 17 heavy (non-hydrogen) atoms. The van der Waals surface area contributed by atoms with Crippen LogP contribution in [0.2, 0.25) is 0 Å². The van der Waals surface area contributed by atoms with Crippen LogP contribution in [0.5, 0.6) is 0 Å². The third-order valence-corrected chi connectivity index (χ3v) is 5.56. The van der Waals surface area contributed by atoms with Crippen molar-refractivity contribution in [2.24, 2.45) is 0 Å². The summed E-state index contributed by atoms with van der Waals surface area (Å²) in [5.41, 5.74) is 0.784. The van der Waals surface area contributed by atoms with Crippen LogP contribution in [0.1, 0.15) is 19.8 Å². The van der Waals surface area contributed by atoms with E-state index in [1.165, 1.54) is 0 Å². The topological polar surface area (TPSA) is 130 Å². The van der Waals surface area contributed by atoms with Gasteiger partial charge < -0.3 is 4.89 Å². The lowest BCUT2D eigenvalue weighted by atomic mass is 10.2. The molecule has 0 saturated heterocycles. The second-order valence-corrected chi connectivity index (χ2v) is 7.73. The first-order chi connectivity index (χ1) is 7.54. The lowest BCUT2D eigenvalue weighted by Crippen LogP contribution is -1.95. The molecule has 0 saturated carbocycles. The normalized spacial score (nSPS) is 19.2. The average Bonchev–Trinajstić information content (AvgIpc) is 1.95. The Bertz CT molecular complexity index is 391. The lowest BCUT2D eigenvalue weighted by molar-refractivity contribution is 0.263. The fourth-order valence-electron chi connectivity index (χ4n) is 0.886. The summed E-state index contributed by atoms with van der Waals surface area (Å²) in [6.07, 6.45) is 0.309. The Morgan fingerprint density at radius 1 is 1.41 bits per heavy atom. The zero-order valence-corrected chi connectivity index (χ0v) is 11.7. The largest absolute Gasteiger partial charge is 0.705 e. The summed E-state index contributed by atoms with van der Waals surface area (Å²) in [7, 11) is -12.7. The van der Waals surface area contributed by atoms with Gasteiger partial charge in [-0.3, -0.25) is 9.46 Å². The summed E-state index contributed by atoms with van der Waals surface area (Å²) in [6, 6.07) is 0. The highest BCUT2D eigenvalue weighted by Gasteiger charge is 2.41. The molecule has 0 aromatic carbocycles. The molecule has 0 spiro atoms. The fraction of sp³-hybridized carbons (Fsp3) is 0.667. The van der Waals surface area contributed by atoms with Crippen molar-refractivity contribution in [2.75, 3.05) is 6.16 Å². The van der Waals surface area contributed by atoms with Gasteiger partial charge in [-0.25, -0.2) is 8.88 Å². The maximum atomic E-state index is 11.3. The van der Waals surface area contributed by atoms with Crippen molar-refractivity contribution in [3.63, 3.8) is 0 Å². The van der Waals surface area contributed by atoms with Crippen LogP contribution >= 0.6 is 23.7 Å². The van der Waals surface area contributed by atoms with Gasteiger partial charge in [0.1, 0.15) is 0 Å². The predicted octanol–water partition coefficient (Wildman–Crippen LogP) is 2.31. The number of hydrogen-bond acceptors (Lipinski definition) is 5. The van der Waals surface area contributed by atoms with Crippen molar-refractivity contribution in [1.29, 1.82) is 0 Å². The molecule has 0 aliphatic rings. The van der Waals surface area contributed by atoms with E-state index < -0.39 is 23.7 Å². The molecule has 0 aliphatic heterocycles. The van der Waals surface area contributed by atoms with Gasteiger partial charge in [0.05, 0.1) is 6.16 Å². The van der Waals surface area contributed by atoms with E-state index in [4.69, 9.17) is 9.79 Å². The minimum absolute atomic E-state index is 0.231. The Labute approximate surface area is 99.4 Å². The molecule has 0 heterocycles. The summed E-state index contributed by atoms with van der Waals surface area (Å²) in [5.74, 6) is 0. The summed E-state index contributed by atoms with van der Waals surface area (Å²) in [5, 5.41) is 0. The third kappa shape index (κ3) is 9.77. The maximum absolute atomic E-state index is 11.3. The second-order valence-electron chi connectivity index (χ2n) is 3.29. The Morgan fingerprint density at radius 3 is 2.35 bits per heavy atom. The quantitative estimate of drug-likeness (QED) is 0.460. The molecule has 0 amide bonds. The number of rotatable bonds is 8. The second kappa shape index (κ2) is 6.88. The first-order valence-electron chi connectivity index (χ1n) is 4.40. The molecule has 100 valence electrons. The minimum atomic E-state index is -5.00. The Balaban J connectivity index is 4.33. The SMILES string of the molecule is C=C(C)CCCP(=O)(O)OP(=O)(O)O[P+](=O)O. The first-order valence-corrected chi connectivity index (χ1v) is 8.79. The van der Waals surface area contributed by atoms with Crippen molar-refractivity contribution in [3.8, 4) is 0 Å². The highest BCUT2D eigenvalue weighted by atomic mass is 31.3. The van der Waals surface area contributed by atoms with Crippen molar-refractivity contribution in [3.05, 3.63) is 12.2 Å². The smallest absolute Gasteiger partial charge is 0.324 e. The van der Waals surface area contributed by atoms with Gasteiger partial charge in [0.2, 0.25) is 0 Å². The van der Waals surface area contributed by atoms with Crippen LogP contribution in [0.3, 0.4) is 0 Å². The summed E-state index contributed by atoms with van der Waals surface area (Å²) >= 11 is 0. The van der Waals surface area contributed by atoms with Gasteiger partial charge in [-0.1, -0.05) is 5.57 Å². The molecular weight excluding hydrogens is 293 g/mol. The van der Waals surface area contributed by atoms with Crippen LogP contribution < -0.4 is 0 Å². The highest BCUT2D eigenvalue weighted by Crippen LogP contribution is 2.63. The summed E-state index contributed by atoms with van der Waals surface area (Å²) in [4.78, 5) is 26.3. The molecule has 3 atom stereocenters. The van der Waals surface area contributed by atoms with Gasteiger partial charge in [0.15, 0.2) is 0 Å². The Kier molecular flexibility index (Phi) is 6.92. The minimum Gasteiger partial charge on any atom is -0.324 e. The molecule has 11 heteroatoms. The molecular formula is C6H14O8P3+. The van der Waals surface area contributed by atoms with E-state index in [0.717, 1.165) is 5.57 Å². The van der Waals surface area contributed by atoms with E-state index >= 15 is 0 Å². The van der Waals surface area contributed by atoms with Crippen molar-refractivity contribution in [2.45, 2.75) is 19.8 Å². The molecule has 0 rings (SSSR count). The number of phosphoric acid groups is 1. The van der Waals surface area contributed by atoms with Crippen LogP contribution in [0.15, 0.2) is 12.2 Å². The molecule has 0 bridgehead atoms. The third-order valence-electron chi connectivity index (χ3n) is 1.45. The van der Waals surface area contributed by atoms with E-state index in [1.807, 2.05) is 0 Å². The monoisotopic (exact) mass is 307 g/mol. The van der Waals surface area contributed by atoms with Crippen molar-refractivity contribution in [1.82, 2.24) is 0 Å². The van der Waals surface area contributed by atoms with E-state index in [9.17, 15) is 18.6 Å². The van der Waals surface area contributed by atoms with E-state index in [0.29, 0.717) is 6.42 Å². The molecule has 3 N–H and O–H groups in total. The molecule has 0 aromatic heterocycles. The number of allylic oxidation sites excluding steroid dienone is 1. The molecule has 0 radical (unpaired) electrons. The number of hydrogen-bond donors (Lipinski definition) is 3. The van der Waals surface area contributed by atoms with E-state index in [1.54, 1.807) is 6.92 Å². The highest BCUT2D eigenvalue weighted by molar-refractivity contribution is 7.66. The predicted molar refractivity (Wildman–Crippen MR) is 60.6 cm³/mol.